The van der Waals surface area contributed by atoms with Gasteiger partial charge in [0.1, 0.15) is 5.94 Å². The second kappa shape index (κ2) is 13.5. The van der Waals surface area contributed by atoms with Crippen LogP contribution < -0.4 is 0 Å². The Morgan fingerprint density at radius 1 is 0.706 bits per heavy atom. The second-order valence-electron chi connectivity index (χ2n) is 5.03. The lowest BCUT2D eigenvalue weighted by molar-refractivity contribution is 0.557. The van der Waals surface area contributed by atoms with E-state index in [1.807, 2.05) is 0 Å². The van der Waals surface area contributed by atoms with Crippen molar-refractivity contribution in [2.45, 2.75) is 90.9 Å². The van der Waals surface area contributed by atoms with Crippen molar-refractivity contribution in [3.8, 4) is 0 Å². The highest BCUT2D eigenvalue weighted by atomic mass is 16.1. The molecule has 0 amide bonds. The molecule has 0 aliphatic carbocycles. The molecule has 0 aliphatic heterocycles. The fraction of sp³-hybridized carbons (Fsp3) is 0.875. The van der Waals surface area contributed by atoms with Crippen LogP contribution in [-0.4, -0.2) is 5.94 Å². The summed E-state index contributed by atoms with van der Waals surface area (Å²) in [4.78, 5) is 10.8. The van der Waals surface area contributed by atoms with Crippen molar-refractivity contribution in [3.05, 3.63) is 5.57 Å². The molecule has 0 atom stereocenters. The van der Waals surface area contributed by atoms with Gasteiger partial charge in [0.25, 0.3) is 0 Å². The topological polar surface area (TPSA) is 17.1 Å². The van der Waals surface area contributed by atoms with E-state index in [1.54, 1.807) is 0 Å². The highest BCUT2D eigenvalue weighted by Crippen LogP contribution is 2.15. The first-order valence-corrected chi connectivity index (χ1v) is 7.58. The van der Waals surface area contributed by atoms with Gasteiger partial charge in [0.2, 0.25) is 0 Å². The van der Waals surface area contributed by atoms with E-state index < -0.39 is 0 Å². The van der Waals surface area contributed by atoms with E-state index in [-0.39, 0.29) is 0 Å². The Morgan fingerprint density at radius 3 is 1.59 bits per heavy atom. The smallest absolute Gasteiger partial charge is 0.123 e. The molecule has 1 heteroatoms. The first-order chi connectivity index (χ1) is 8.35. The third-order valence-electron chi connectivity index (χ3n) is 3.31. The molecule has 0 radical (unpaired) electrons. The van der Waals surface area contributed by atoms with Crippen LogP contribution in [0.15, 0.2) is 5.57 Å². The molecule has 1 nitrogen and oxygen atoms in total. The molecule has 0 saturated heterocycles. The molecule has 0 aliphatic rings. The Labute approximate surface area is 108 Å². The van der Waals surface area contributed by atoms with E-state index in [9.17, 15) is 4.79 Å². The first-order valence-electron chi connectivity index (χ1n) is 7.58. The van der Waals surface area contributed by atoms with Crippen molar-refractivity contribution in [1.29, 1.82) is 0 Å². The number of hydrogen-bond acceptors (Lipinski definition) is 1. The van der Waals surface area contributed by atoms with Crippen molar-refractivity contribution >= 4 is 5.94 Å². The Morgan fingerprint density at radius 2 is 1.12 bits per heavy atom. The minimum Gasteiger partial charge on any atom is -0.234 e. The summed E-state index contributed by atoms with van der Waals surface area (Å²) < 4.78 is 0. The van der Waals surface area contributed by atoms with Crippen LogP contribution in [0.4, 0.5) is 0 Å². The maximum Gasteiger partial charge on any atom is 0.123 e. The lowest BCUT2D eigenvalue weighted by Gasteiger charge is -2.03. The fourth-order valence-electron chi connectivity index (χ4n) is 2.11. The van der Waals surface area contributed by atoms with Gasteiger partial charge in [-0.1, -0.05) is 65.2 Å². The first kappa shape index (κ1) is 16.4. The number of unbranched alkanes of at least 4 members (excludes halogenated alkanes) is 8. The Bertz CT molecular complexity index is 202. The zero-order chi connectivity index (χ0) is 12.8. The molecule has 0 aromatic rings. The molecule has 17 heavy (non-hydrogen) atoms. The average molecular weight is 238 g/mol. The van der Waals surface area contributed by atoms with Crippen molar-refractivity contribution in [1.82, 2.24) is 0 Å². The van der Waals surface area contributed by atoms with Crippen LogP contribution in [0.25, 0.3) is 0 Å². The second-order valence-corrected chi connectivity index (χ2v) is 5.03. The van der Waals surface area contributed by atoms with Crippen LogP contribution >= 0.6 is 0 Å². The molecule has 0 rings (SSSR count). The van der Waals surface area contributed by atoms with Crippen LogP contribution in [0.5, 0.6) is 0 Å². The van der Waals surface area contributed by atoms with Gasteiger partial charge in [-0.15, -0.1) is 0 Å². The Kier molecular flexibility index (Phi) is 13.1. The Balaban J connectivity index is 3.39. The highest BCUT2D eigenvalue weighted by molar-refractivity contribution is 5.52. The minimum absolute atomic E-state index is 0.985. The van der Waals surface area contributed by atoms with Crippen LogP contribution in [-0.2, 0) is 4.79 Å². The lowest BCUT2D eigenvalue weighted by Crippen LogP contribution is -1.88. The van der Waals surface area contributed by atoms with E-state index in [0.29, 0.717) is 0 Å². The third-order valence-corrected chi connectivity index (χ3v) is 3.31. The van der Waals surface area contributed by atoms with Crippen molar-refractivity contribution in [2.24, 2.45) is 0 Å². The summed E-state index contributed by atoms with van der Waals surface area (Å²) >= 11 is 0. The van der Waals surface area contributed by atoms with Gasteiger partial charge in [-0.3, -0.25) is 0 Å². The molecule has 0 fully saturated rings. The van der Waals surface area contributed by atoms with Crippen molar-refractivity contribution in [2.75, 3.05) is 0 Å². The number of hydrogen-bond donors (Lipinski definition) is 0. The molecule has 0 aromatic heterocycles. The molecule has 0 bridgehead atoms. The lowest BCUT2D eigenvalue weighted by atomic mass is 10.0. The van der Waals surface area contributed by atoms with Crippen molar-refractivity contribution in [3.63, 3.8) is 0 Å². The van der Waals surface area contributed by atoms with Crippen LogP contribution in [0.3, 0.4) is 0 Å². The molecular weight excluding hydrogens is 208 g/mol. The van der Waals surface area contributed by atoms with Gasteiger partial charge in [-0.2, -0.15) is 0 Å². The van der Waals surface area contributed by atoms with Crippen LogP contribution in [0.1, 0.15) is 90.9 Å². The molecule has 0 saturated carbocycles. The number of carbonyl (C=O) groups excluding carboxylic acids is 1. The summed E-state index contributed by atoms with van der Waals surface area (Å²) in [5.41, 5.74) is 1.02. The summed E-state index contributed by atoms with van der Waals surface area (Å²) in [6.07, 6.45) is 14.8. The minimum atomic E-state index is 0.985. The predicted molar refractivity (Wildman–Crippen MR) is 76.0 cm³/mol. The molecule has 100 valence electrons. The van der Waals surface area contributed by atoms with Crippen molar-refractivity contribution < 1.29 is 4.79 Å². The predicted octanol–water partition coefficient (Wildman–Crippen LogP) is 5.47. The molecule has 0 heterocycles. The van der Waals surface area contributed by atoms with Crippen LogP contribution in [0, 0.1) is 0 Å². The maximum atomic E-state index is 10.8. The molecule has 0 aromatic carbocycles. The average Bonchev–Trinajstić information content (AvgIpc) is 2.36. The summed E-state index contributed by atoms with van der Waals surface area (Å²) in [6.45, 7) is 4.45. The summed E-state index contributed by atoms with van der Waals surface area (Å²) in [5.74, 6) is 2.15. The van der Waals surface area contributed by atoms with Gasteiger partial charge in [0.05, 0.1) is 0 Å². The summed E-state index contributed by atoms with van der Waals surface area (Å²) in [7, 11) is 0. The summed E-state index contributed by atoms with van der Waals surface area (Å²) in [6, 6.07) is 0. The fourth-order valence-corrected chi connectivity index (χ4v) is 2.11. The monoisotopic (exact) mass is 238 g/mol. The van der Waals surface area contributed by atoms with E-state index in [2.05, 4.69) is 19.8 Å². The largest absolute Gasteiger partial charge is 0.234 e. The van der Waals surface area contributed by atoms with Gasteiger partial charge >= 0.3 is 0 Å². The quantitative estimate of drug-likeness (QED) is 0.326. The standard InChI is InChI=1S/C16H30O/c1-3-5-7-9-10-12-14-16(15-17)13-11-8-6-4-2/h3-14H2,1-2H3. The van der Waals surface area contributed by atoms with Gasteiger partial charge in [0.15, 0.2) is 0 Å². The normalized spacial score (nSPS) is 10.2. The highest BCUT2D eigenvalue weighted by Gasteiger charge is 1.99. The zero-order valence-electron chi connectivity index (χ0n) is 11.9. The number of rotatable bonds is 12. The van der Waals surface area contributed by atoms with E-state index in [4.69, 9.17) is 0 Å². The molecule has 0 spiro atoms. The van der Waals surface area contributed by atoms with Gasteiger partial charge in [0, 0.05) is 5.57 Å². The van der Waals surface area contributed by atoms with Crippen LogP contribution in [0.2, 0.25) is 0 Å². The van der Waals surface area contributed by atoms with Gasteiger partial charge in [-0.25, -0.2) is 4.79 Å². The SMILES string of the molecule is CCCCCCCCC(=C=O)CCCCCC. The third kappa shape index (κ3) is 11.7. The molecule has 0 unspecified atom stereocenters. The van der Waals surface area contributed by atoms with Gasteiger partial charge in [-0.05, 0) is 25.7 Å². The van der Waals surface area contributed by atoms with E-state index >= 15 is 0 Å². The van der Waals surface area contributed by atoms with E-state index in [0.717, 1.165) is 18.4 Å². The maximum absolute atomic E-state index is 10.8. The summed E-state index contributed by atoms with van der Waals surface area (Å²) in [5, 5.41) is 0. The number of allylic oxidation sites excluding steroid dienone is 1. The van der Waals surface area contributed by atoms with Gasteiger partial charge < -0.3 is 0 Å². The Hall–Kier alpha value is -0.550. The zero-order valence-corrected chi connectivity index (χ0v) is 11.9. The molecular formula is C16H30O. The van der Waals surface area contributed by atoms with E-state index in [1.165, 1.54) is 64.2 Å². The molecule has 0 N–H and O–H groups in total.